The van der Waals surface area contributed by atoms with Crippen molar-refractivity contribution in [1.29, 1.82) is 0 Å². The lowest BCUT2D eigenvalue weighted by Gasteiger charge is -2.21. The molecule has 3 aromatic rings. The predicted molar refractivity (Wildman–Crippen MR) is 120 cm³/mol. The highest BCUT2D eigenvalue weighted by molar-refractivity contribution is 7.91. The molecule has 0 bridgehead atoms. The lowest BCUT2D eigenvalue weighted by atomic mass is 9.96. The van der Waals surface area contributed by atoms with Crippen molar-refractivity contribution in [2.45, 2.75) is 31.2 Å². The Hall–Kier alpha value is -2.80. The molecule has 1 aromatic heterocycles. The fourth-order valence-electron chi connectivity index (χ4n) is 4.72. The summed E-state index contributed by atoms with van der Waals surface area (Å²) in [6.45, 7) is 0. The van der Waals surface area contributed by atoms with E-state index in [1.807, 2.05) is 30.3 Å². The van der Waals surface area contributed by atoms with Crippen LogP contribution in [0, 0.1) is 0 Å². The van der Waals surface area contributed by atoms with Crippen molar-refractivity contribution in [3.8, 4) is 5.75 Å². The fraction of sp³-hybridized carbons (Fsp3) is 0.348. The maximum absolute atomic E-state index is 12.2. The maximum Gasteiger partial charge on any atom is 0.150 e. The molecule has 0 radical (unpaired) electrons. The molecule has 1 aliphatic heterocycles. The van der Waals surface area contributed by atoms with Crippen molar-refractivity contribution in [1.82, 2.24) is 4.98 Å². The van der Waals surface area contributed by atoms with E-state index < -0.39 is 9.84 Å². The summed E-state index contributed by atoms with van der Waals surface area (Å²) in [5, 5.41) is 4.50. The summed E-state index contributed by atoms with van der Waals surface area (Å²) in [6.07, 6.45) is 2.57. The van der Waals surface area contributed by atoms with Gasteiger partial charge in [-0.1, -0.05) is 12.1 Å². The molecule has 2 aromatic carbocycles. The van der Waals surface area contributed by atoms with Gasteiger partial charge in [-0.2, -0.15) is 0 Å². The average molecular weight is 424 g/mol. The second-order valence-electron chi connectivity index (χ2n) is 8.24. The summed E-state index contributed by atoms with van der Waals surface area (Å²) in [7, 11) is -1.34. The van der Waals surface area contributed by atoms with Crippen LogP contribution in [-0.2, 0) is 16.3 Å². The van der Waals surface area contributed by atoms with Gasteiger partial charge >= 0.3 is 0 Å². The minimum Gasteiger partial charge on any atom is -0.497 e. The number of ether oxygens (including phenoxy) is 1. The molecular weight excluding hydrogens is 398 g/mol. The van der Waals surface area contributed by atoms with Gasteiger partial charge < -0.3 is 15.8 Å². The van der Waals surface area contributed by atoms with Crippen molar-refractivity contribution in [3.05, 3.63) is 59.2 Å². The number of benzene rings is 2. The number of methoxy groups -OCH3 is 1. The normalized spacial score (nSPS) is 22.2. The number of fused-ring (bicyclic) bond motifs is 2. The first-order valence-corrected chi connectivity index (χ1v) is 12.1. The van der Waals surface area contributed by atoms with E-state index in [1.54, 1.807) is 7.11 Å². The highest BCUT2D eigenvalue weighted by Gasteiger charge is 2.32. The molecular formula is C23H25N3O3S. The molecule has 2 atom stereocenters. The molecule has 1 fully saturated rings. The molecule has 1 aliphatic carbocycles. The Labute approximate surface area is 176 Å². The van der Waals surface area contributed by atoms with Crippen molar-refractivity contribution < 1.29 is 13.2 Å². The van der Waals surface area contributed by atoms with Gasteiger partial charge in [0.2, 0.25) is 0 Å². The summed E-state index contributed by atoms with van der Waals surface area (Å²) in [6, 6.07) is 14.0. The van der Waals surface area contributed by atoms with E-state index in [-0.39, 0.29) is 23.5 Å². The number of hydrogen-bond donors (Lipinski definition) is 2. The molecule has 1 saturated heterocycles. The van der Waals surface area contributed by atoms with E-state index in [4.69, 9.17) is 15.5 Å². The number of hydrogen-bond acceptors (Lipinski definition) is 6. The fourth-order valence-corrected chi connectivity index (χ4v) is 6.49. The topological polar surface area (TPSA) is 94.3 Å². The van der Waals surface area contributed by atoms with Crippen molar-refractivity contribution in [2.24, 2.45) is 0 Å². The van der Waals surface area contributed by atoms with Gasteiger partial charge in [-0.15, -0.1) is 0 Å². The second kappa shape index (κ2) is 7.16. The zero-order valence-corrected chi connectivity index (χ0v) is 17.7. The minimum absolute atomic E-state index is 0.0693. The zero-order chi connectivity index (χ0) is 20.9. The first-order chi connectivity index (χ1) is 14.4. The Bertz CT molecular complexity index is 1240. The minimum atomic E-state index is -3.01. The molecule has 156 valence electrons. The van der Waals surface area contributed by atoms with Gasteiger partial charge in [0.15, 0.2) is 9.84 Å². The molecule has 2 heterocycles. The zero-order valence-electron chi connectivity index (χ0n) is 16.9. The Morgan fingerprint density at radius 1 is 1.13 bits per heavy atom. The van der Waals surface area contributed by atoms with Gasteiger partial charge in [-0.05, 0) is 66.3 Å². The predicted octanol–water partition coefficient (Wildman–Crippen LogP) is 3.83. The van der Waals surface area contributed by atoms with Crippen LogP contribution in [0.1, 0.15) is 41.5 Å². The van der Waals surface area contributed by atoms with E-state index in [2.05, 4.69) is 17.4 Å². The van der Waals surface area contributed by atoms with Crippen molar-refractivity contribution in [3.63, 3.8) is 0 Å². The van der Waals surface area contributed by atoms with E-state index in [0.717, 1.165) is 40.9 Å². The highest BCUT2D eigenvalue weighted by Crippen LogP contribution is 2.40. The molecule has 0 amide bonds. The lowest BCUT2D eigenvalue weighted by Crippen LogP contribution is -2.13. The maximum atomic E-state index is 12.2. The SMILES string of the molecule is COc1ccc2c(c1)C(Nc1nc3cccc(N)c3cc1C1CCS(=O)(=O)C1)CC2. The van der Waals surface area contributed by atoms with Gasteiger partial charge in [0, 0.05) is 17.0 Å². The van der Waals surface area contributed by atoms with Crippen molar-refractivity contribution >= 4 is 32.2 Å². The number of pyridine rings is 1. The number of rotatable bonds is 4. The first-order valence-electron chi connectivity index (χ1n) is 10.3. The average Bonchev–Trinajstić information content (AvgIpc) is 3.30. The number of sulfone groups is 1. The van der Waals surface area contributed by atoms with Crippen LogP contribution in [-0.4, -0.2) is 32.0 Å². The summed E-state index contributed by atoms with van der Waals surface area (Å²) in [5.41, 5.74) is 11.1. The molecule has 6 nitrogen and oxygen atoms in total. The third kappa shape index (κ3) is 3.37. The van der Waals surface area contributed by atoms with E-state index in [9.17, 15) is 8.42 Å². The Kier molecular flexibility index (Phi) is 4.58. The first kappa shape index (κ1) is 19.2. The molecule has 5 rings (SSSR count). The van der Waals surface area contributed by atoms with Gasteiger partial charge in [0.1, 0.15) is 11.6 Å². The number of aryl methyl sites for hydroxylation is 1. The van der Waals surface area contributed by atoms with Crippen LogP contribution in [0.4, 0.5) is 11.5 Å². The Balaban J connectivity index is 1.58. The highest BCUT2D eigenvalue weighted by atomic mass is 32.2. The van der Waals surface area contributed by atoms with Gasteiger partial charge in [-0.25, -0.2) is 13.4 Å². The van der Waals surface area contributed by atoms with Crippen LogP contribution in [0.3, 0.4) is 0 Å². The monoisotopic (exact) mass is 423 g/mol. The third-order valence-electron chi connectivity index (χ3n) is 6.34. The number of nitrogen functional groups attached to an aromatic ring is 1. The van der Waals surface area contributed by atoms with Gasteiger partial charge in [-0.3, -0.25) is 0 Å². The largest absolute Gasteiger partial charge is 0.497 e. The Morgan fingerprint density at radius 2 is 2.00 bits per heavy atom. The molecule has 0 spiro atoms. The van der Waals surface area contributed by atoms with Crippen molar-refractivity contribution in [2.75, 3.05) is 29.7 Å². The van der Waals surface area contributed by atoms with Crippen LogP contribution in [0.25, 0.3) is 10.9 Å². The van der Waals surface area contributed by atoms with Gasteiger partial charge in [0.25, 0.3) is 0 Å². The number of nitrogens with zero attached hydrogens (tertiary/aromatic N) is 1. The molecule has 7 heteroatoms. The summed E-state index contributed by atoms with van der Waals surface area (Å²) in [5.74, 6) is 1.92. The van der Waals surface area contributed by atoms with Crippen LogP contribution in [0.5, 0.6) is 5.75 Å². The molecule has 2 unspecified atom stereocenters. The van der Waals surface area contributed by atoms with Gasteiger partial charge in [0.05, 0.1) is 30.2 Å². The number of aromatic nitrogens is 1. The van der Waals surface area contributed by atoms with Crippen LogP contribution < -0.4 is 15.8 Å². The smallest absolute Gasteiger partial charge is 0.150 e. The van der Waals surface area contributed by atoms with Crippen LogP contribution in [0.2, 0.25) is 0 Å². The number of nitrogens with two attached hydrogens (primary N) is 1. The Morgan fingerprint density at radius 3 is 2.77 bits per heavy atom. The quantitative estimate of drug-likeness (QED) is 0.620. The summed E-state index contributed by atoms with van der Waals surface area (Å²) < 4.78 is 29.7. The lowest BCUT2D eigenvalue weighted by molar-refractivity contribution is 0.414. The second-order valence-corrected chi connectivity index (χ2v) is 10.5. The molecule has 2 aliphatic rings. The summed E-state index contributed by atoms with van der Waals surface area (Å²) in [4.78, 5) is 4.89. The standard InChI is InChI=1S/C23H25N3O3S/c1-29-16-7-5-14-6-8-22(17(14)11-16)26-23-18(15-9-10-30(27,28)13-15)12-19-20(24)3-2-4-21(19)25-23/h2-5,7,11-12,15,22H,6,8-10,13,24H2,1H3,(H,25,26). The summed E-state index contributed by atoms with van der Waals surface area (Å²) >= 11 is 0. The van der Waals surface area contributed by atoms with E-state index >= 15 is 0 Å². The molecule has 3 N–H and O–H groups in total. The molecule has 30 heavy (non-hydrogen) atoms. The third-order valence-corrected chi connectivity index (χ3v) is 8.10. The van der Waals surface area contributed by atoms with E-state index in [0.29, 0.717) is 12.1 Å². The van der Waals surface area contributed by atoms with Crippen LogP contribution >= 0.6 is 0 Å². The number of anilines is 2. The molecule has 0 saturated carbocycles. The number of nitrogens with one attached hydrogen (secondary N) is 1. The van der Waals surface area contributed by atoms with E-state index in [1.165, 1.54) is 11.1 Å². The van der Waals surface area contributed by atoms with Crippen LogP contribution in [0.15, 0.2) is 42.5 Å².